The number of hydrogen-bond acceptors (Lipinski definition) is 4. The van der Waals surface area contributed by atoms with E-state index < -0.39 is 5.97 Å². The van der Waals surface area contributed by atoms with Gasteiger partial charge in [-0.2, -0.15) is 0 Å². The highest BCUT2D eigenvalue weighted by molar-refractivity contribution is 7.99. The third-order valence-electron chi connectivity index (χ3n) is 1.96. The van der Waals surface area contributed by atoms with Gasteiger partial charge >= 0.3 is 5.97 Å². The number of carbonyl (C=O) groups is 1. The molecule has 0 amide bonds. The number of carboxylic acid groups (broad SMARTS) is 1. The lowest BCUT2D eigenvalue weighted by molar-refractivity contribution is 0.0696. The maximum Gasteiger partial charge on any atom is 0.337 e. The summed E-state index contributed by atoms with van der Waals surface area (Å²) >= 11 is 1.39. The van der Waals surface area contributed by atoms with Crippen molar-refractivity contribution in [2.45, 2.75) is 10.2 Å². The largest absolute Gasteiger partial charge is 0.478 e. The molecule has 2 rings (SSSR count). The summed E-state index contributed by atoms with van der Waals surface area (Å²) in [7, 11) is 1.89. The highest BCUT2D eigenvalue weighted by atomic mass is 32.2. The average molecular weight is 235 g/mol. The third kappa shape index (κ3) is 2.22. The van der Waals surface area contributed by atoms with Crippen LogP contribution in [0.5, 0.6) is 0 Å². The Balaban J connectivity index is 2.17. The zero-order chi connectivity index (χ0) is 11.5. The van der Waals surface area contributed by atoms with Crippen LogP contribution in [0.4, 0.5) is 0 Å². The van der Waals surface area contributed by atoms with Gasteiger partial charge in [0.25, 0.3) is 0 Å². The van der Waals surface area contributed by atoms with E-state index in [4.69, 9.17) is 5.11 Å². The molecule has 5 nitrogen and oxygen atoms in total. The van der Waals surface area contributed by atoms with Gasteiger partial charge in [-0.25, -0.2) is 14.8 Å². The molecule has 82 valence electrons. The summed E-state index contributed by atoms with van der Waals surface area (Å²) in [4.78, 5) is 18.8. The lowest BCUT2D eigenvalue weighted by Crippen LogP contribution is -1.97. The number of aromatic carboxylic acids is 1. The minimum Gasteiger partial charge on any atom is -0.478 e. The molecule has 0 unspecified atom stereocenters. The second-order valence-electron chi connectivity index (χ2n) is 3.11. The van der Waals surface area contributed by atoms with Gasteiger partial charge in [-0.3, -0.25) is 0 Å². The van der Waals surface area contributed by atoms with E-state index in [1.165, 1.54) is 24.0 Å². The first-order chi connectivity index (χ1) is 7.66. The number of aromatic nitrogens is 3. The van der Waals surface area contributed by atoms with E-state index in [2.05, 4.69) is 9.97 Å². The molecule has 1 N–H and O–H groups in total. The fraction of sp³-hybridized carbons (Fsp3) is 0.100. The summed E-state index contributed by atoms with van der Waals surface area (Å²) in [5.41, 5.74) is 0.184. The molecule has 2 aromatic rings. The minimum atomic E-state index is -0.971. The molecule has 6 heteroatoms. The van der Waals surface area contributed by atoms with Gasteiger partial charge < -0.3 is 9.67 Å². The predicted molar refractivity (Wildman–Crippen MR) is 58.5 cm³/mol. The number of rotatable bonds is 3. The highest BCUT2D eigenvalue weighted by Gasteiger charge is 2.06. The van der Waals surface area contributed by atoms with Crippen LogP contribution in [0.1, 0.15) is 10.4 Å². The Morgan fingerprint density at radius 2 is 2.25 bits per heavy atom. The van der Waals surface area contributed by atoms with E-state index >= 15 is 0 Å². The summed E-state index contributed by atoms with van der Waals surface area (Å²) < 4.78 is 1.87. The SMILES string of the molecule is Cn1ccnc1Sc1ccc(C(=O)O)cn1. The van der Waals surface area contributed by atoms with Crippen LogP contribution >= 0.6 is 11.8 Å². The lowest BCUT2D eigenvalue weighted by atomic mass is 10.3. The van der Waals surface area contributed by atoms with Gasteiger partial charge in [0.2, 0.25) is 0 Å². The number of nitrogens with zero attached hydrogens (tertiary/aromatic N) is 3. The molecule has 0 saturated carbocycles. The van der Waals surface area contributed by atoms with E-state index in [-0.39, 0.29) is 5.56 Å². The van der Waals surface area contributed by atoms with Crippen LogP contribution in [0.2, 0.25) is 0 Å². The molecule has 2 heterocycles. The zero-order valence-electron chi connectivity index (χ0n) is 8.49. The van der Waals surface area contributed by atoms with Crippen LogP contribution in [0.15, 0.2) is 40.9 Å². The number of pyridine rings is 1. The van der Waals surface area contributed by atoms with Gasteiger partial charge in [-0.1, -0.05) is 0 Å². The molecule has 0 saturated heterocycles. The third-order valence-corrected chi connectivity index (χ3v) is 2.98. The molecule has 0 aliphatic carbocycles. The van der Waals surface area contributed by atoms with E-state index in [1.807, 2.05) is 17.8 Å². The summed E-state index contributed by atoms with van der Waals surface area (Å²) in [5, 5.41) is 10.3. The molecule has 2 aromatic heterocycles. The number of carboxylic acids is 1. The molecule has 0 radical (unpaired) electrons. The molecule has 0 aromatic carbocycles. The quantitative estimate of drug-likeness (QED) is 0.876. The fourth-order valence-electron chi connectivity index (χ4n) is 1.11. The van der Waals surface area contributed by atoms with E-state index in [0.717, 1.165) is 10.2 Å². The molecule has 0 fully saturated rings. The monoisotopic (exact) mass is 235 g/mol. The van der Waals surface area contributed by atoms with Crippen LogP contribution in [-0.2, 0) is 7.05 Å². The normalized spacial score (nSPS) is 10.3. The van der Waals surface area contributed by atoms with Crippen LogP contribution in [0.25, 0.3) is 0 Å². The van der Waals surface area contributed by atoms with Crippen molar-refractivity contribution in [3.05, 3.63) is 36.3 Å². The first-order valence-corrected chi connectivity index (χ1v) is 5.33. The zero-order valence-corrected chi connectivity index (χ0v) is 9.31. The summed E-state index contributed by atoms with van der Waals surface area (Å²) in [6.07, 6.45) is 4.88. The number of hydrogen-bond donors (Lipinski definition) is 1. The van der Waals surface area contributed by atoms with Gasteiger partial charge in [0.1, 0.15) is 5.03 Å². The Morgan fingerprint density at radius 1 is 1.44 bits per heavy atom. The Bertz CT molecular complexity index is 507. The van der Waals surface area contributed by atoms with Crippen molar-refractivity contribution in [1.82, 2.24) is 14.5 Å². The van der Waals surface area contributed by atoms with Crippen LogP contribution in [-0.4, -0.2) is 25.6 Å². The van der Waals surface area contributed by atoms with Gasteiger partial charge in [0.15, 0.2) is 5.16 Å². The summed E-state index contributed by atoms with van der Waals surface area (Å²) in [6.45, 7) is 0. The van der Waals surface area contributed by atoms with Crippen molar-refractivity contribution in [2.75, 3.05) is 0 Å². The second-order valence-corrected chi connectivity index (χ2v) is 4.10. The highest BCUT2D eigenvalue weighted by Crippen LogP contribution is 2.23. The first-order valence-electron chi connectivity index (χ1n) is 4.51. The van der Waals surface area contributed by atoms with Crippen molar-refractivity contribution in [2.24, 2.45) is 7.05 Å². The number of aryl methyl sites for hydroxylation is 1. The van der Waals surface area contributed by atoms with E-state index in [9.17, 15) is 4.79 Å². The molecule has 0 bridgehead atoms. The molecular formula is C10H9N3O2S. The Labute approximate surface area is 96.2 Å². The first kappa shape index (κ1) is 10.7. The molecule has 0 aliphatic rings. The molecule has 16 heavy (non-hydrogen) atoms. The molecular weight excluding hydrogens is 226 g/mol. The van der Waals surface area contributed by atoms with Crippen LogP contribution in [0.3, 0.4) is 0 Å². The van der Waals surface area contributed by atoms with Crippen LogP contribution in [0, 0.1) is 0 Å². The molecule has 0 aliphatic heterocycles. The topological polar surface area (TPSA) is 68.0 Å². The Morgan fingerprint density at radius 3 is 2.75 bits per heavy atom. The average Bonchev–Trinajstić information content (AvgIpc) is 2.65. The van der Waals surface area contributed by atoms with E-state index in [0.29, 0.717) is 0 Å². The Kier molecular flexibility index (Phi) is 2.91. The van der Waals surface area contributed by atoms with Crippen molar-refractivity contribution in [1.29, 1.82) is 0 Å². The van der Waals surface area contributed by atoms with Crippen molar-refractivity contribution in [3.8, 4) is 0 Å². The summed E-state index contributed by atoms with van der Waals surface area (Å²) in [6, 6.07) is 3.20. The van der Waals surface area contributed by atoms with Gasteiger partial charge in [-0.15, -0.1) is 0 Å². The molecule has 0 atom stereocenters. The van der Waals surface area contributed by atoms with Crippen LogP contribution < -0.4 is 0 Å². The maximum atomic E-state index is 10.6. The van der Waals surface area contributed by atoms with Crippen molar-refractivity contribution < 1.29 is 9.90 Å². The summed E-state index contributed by atoms with van der Waals surface area (Å²) in [5.74, 6) is -0.971. The predicted octanol–water partition coefficient (Wildman–Crippen LogP) is 1.66. The second kappa shape index (κ2) is 4.36. The number of imidazole rings is 1. The van der Waals surface area contributed by atoms with Gasteiger partial charge in [0, 0.05) is 25.6 Å². The van der Waals surface area contributed by atoms with Gasteiger partial charge in [-0.05, 0) is 23.9 Å². The maximum absolute atomic E-state index is 10.6. The Hall–Kier alpha value is -1.82. The minimum absolute atomic E-state index is 0.184. The fourth-order valence-corrected chi connectivity index (χ4v) is 1.86. The lowest BCUT2D eigenvalue weighted by Gasteiger charge is -2.00. The van der Waals surface area contributed by atoms with E-state index in [1.54, 1.807) is 12.3 Å². The smallest absolute Gasteiger partial charge is 0.337 e. The standard InChI is InChI=1S/C10H9N3O2S/c1-13-5-4-11-10(13)16-8-3-2-7(6-12-8)9(14)15/h2-6H,1H3,(H,14,15). The van der Waals surface area contributed by atoms with Gasteiger partial charge in [0.05, 0.1) is 5.56 Å². The molecule has 0 spiro atoms. The van der Waals surface area contributed by atoms with Crippen molar-refractivity contribution >= 4 is 17.7 Å². The van der Waals surface area contributed by atoms with Crippen molar-refractivity contribution in [3.63, 3.8) is 0 Å².